The largest absolute Gasteiger partial charge is 0.768 e. The number of ether oxygens (including phenoxy) is 1. The number of pyridine rings is 2. The molecule has 1 unspecified atom stereocenters. The Hall–Kier alpha value is -2.97. The van der Waals surface area contributed by atoms with Crippen LogP contribution in [-0.2, 0) is 35.4 Å². The summed E-state index contributed by atoms with van der Waals surface area (Å²) in [6.45, 7) is 2.21. The fourth-order valence-corrected chi connectivity index (χ4v) is 4.13. The number of nitrogens with zero attached hydrogens (tertiary/aromatic N) is 2. The Morgan fingerprint density at radius 2 is 1.75 bits per heavy atom. The van der Waals surface area contributed by atoms with Crippen LogP contribution in [0.5, 0.6) is 0 Å². The number of aromatic nitrogens is 2. The van der Waals surface area contributed by atoms with Crippen molar-refractivity contribution in [1.29, 1.82) is 0 Å². The van der Waals surface area contributed by atoms with Crippen molar-refractivity contribution in [1.82, 2.24) is 15.3 Å². The predicted octanol–water partition coefficient (Wildman–Crippen LogP) is 3.79. The van der Waals surface area contributed by atoms with E-state index < -0.39 is 11.1 Å². The summed E-state index contributed by atoms with van der Waals surface area (Å²) in [6.07, 6.45) is 4.40. The molecule has 0 fully saturated rings. The molecule has 7 heteroatoms. The molecule has 0 bridgehead atoms. The van der Waals surface area contributed by atoms with Crippen molar-refractivity contribution in [3.8, 4) is 0 Å². The van der Waals surface area contributed by atoms with Crippen molar-refractivity contribution in [2.24, 2.45) is 0 Å². The molecule has 164 valence electrons. The summed E-state index contributed by atoms with van der Waals surface area (Å²) in [5, 5.41) is 4.40. The van der Waals surface area contributed by atoms with Gasteiger partial charge in [-0.05, 0) is 46.8 Å². The van der Waals surface area contributed by atoms with Crippen LogP contribution in [0.4, 0.5) is 0 Å². The molecule has 0 saturated heterocycles. The van der Waals surface area contributed by atoms with E-state index in [4.69, 9.17) is 4.74 Å². The molecule has 1 aliphatic rings. The number of benzene rings is 2. The Bertz CT molecular complexity index is 1180. The Balaban J connectivity index is 0.000000165. The van der Waals surface area contributed by atoms with E-state index in [-0.39, 0.29) is 4.90 Å². The van der Waals surface area contributed by atoms with Gasteiger partial charge in [0.2, 0.25) is 0 Å². The summed E-state index contributed by atoms with van der Waals surface area (Å²) in [5.41, 5.74) is 4.15. The maximum absolute atomic E-state index is 10.8. The molecule has 2 aromatic carbocycles. The van der Waals surface area contributed by atoms with Gasteiger partial charge >= 0.3 is 0 Å². The Kier molecular flexibility index (Phi) is 7.68. The maximum atomic E-state index is 10.8. The molecule has 32 heavy (non-hydrogen) atoms. The van der Waals surface area contributed by atoms with Gasteiger partial charge < -0.3 is 14.6 Å². The average molecular weight is 447 g/mol. The Morgan fingerprint density at radius 3 is 2.59 bits per heavy atom. The van der Waals surface area contributed by atoms with Crippen molar-refractivity contribution in [2.45, 2.75) is 30.5 Å². The minimum absolute atomic E-state index is 0.248. The van der Waals surface area contributed by atoms with E-state index in [0.29, 0.717) is 18.2 Å². The van der Waals surface area contributed by atoms with Crippen LogP contribution in [0.1, 0.15) is 16.8 Å². The topological polar surface area (TPSA) is 87.2 Å². The van der Waals surface area contributed by atoms with Gasteiger partial charge in [-0.15, -0.1) is 0 Å². The fraction of sp³-hybridized carbons (Fsp3) is 0.200. The van der Waals surface area contributed by atoms with Crippen LogP contribution in [0.25, 0.3) is 10.9 Å². The first-order valence-electron chi connectivity index (χ1n) is 10.4. The van der Waals surface area contributed by atoms with Gasteiger partial charge in [0, 0.05) is 30.4 Å². The zero-order chi connectivity index (χ0) is 22.2. The minimum Gasteiger partial charge on any atom is -0.768 e. The Morgan fingerprint density at radius 1 is 0.969 bits per heavy atom. The summed E-state index contributed by atoms with van der Waals surface area (Å²) in [5.74, 6) is 0. The Labute approximate surface area is 190 Å². The second kappa shape index (κ2) is 11.1. The van der Waals surface area contributed by atoms with Crippen molar-refractivity contribution < 1.29 is 13.5 Å². The molecule has 0 aliphatic carbocycles. The summed E-state index contributed by atoms with van der Waals surface area (Å²) in [4.78, 5) is 8.62. The van der Waals surface area contributed by atoms with Gasteiger partial charge in [0.05, 0.1) is 29.3 Å². The molecular weight excluding hydrogens is 422 g/mol. The zero-order valence-corrected chi connectivity index (χ0v) is 18.3. The molecule has 0 amide bonds. The summed E-state index contributed by atoms with van der Waals surface area (Å²) < 4.78 is 27.3. The van der Waals surface area contributed by atoms with Gasteiger partial charge in [0.15, 0.2) is 0 Å². The molecule has 1 aliphatic heterocycles. The normalized spacial score (nSPS) is 16.7. The summed E-state index contributed by atoms with van der Waals surface area (Å²) in [6, 6.07) is 23.7. The molecule has 0 saturated carbocycles. The number of nitrogens with one attached hydrogen (secondary N) is 1. The van der Waals surface area contributed by atoms with Crippen LogP contribution >= 0.6 is 0 Å². The van der Waals surface area contributed by atoms with E-state index >= 15 is 0 Å². The van der Waals surface area contributed by atoms with Crippen molar-refractivity contribution in [2.75, 3.05) is 6.61 Å². The molecule has 4 aromatic rings. The summed E-state index contributed by atoms with van der Waals surface area (Å²) in [7, 11) is 0. The molecule has 0 spiro atoms. The molecule has 1 N–H and O–H groups in total. The number of hydrogen-bond donors (Lipinski definition) is 1. The molecule has 2 aromatic heterocycles. The lowest BCUT2D eigenvalue weighted by Crippen LogP contribution is -2.37. The SMILES string of the molecule is O=S([O-])c1cccc2cccnc12.c1ccc(C[C@@H]2COCc3ncccc3CN2)cc1. The van der Waals surface area contributed by atoms with Gasteiger partial charge in [0.1, 0.15) is 0 Å². The van der Waals surface area contributed by atoms with Crippen LogP contribution in [-0.4, -0.2) is 31.4 Å². The van der Waals surface area contributed by atoms with Crippen LogP contribution in [0.15, 0.2) is 90.1 Å². The van der Waals surface area contributed by atoms with Crippen LogP contribution in [0, 0.1) is 0 Å². The minimum atomic E-state index is -2.22. The highest BCUT2D eigenvalue weighted by Crippen LogP contribution is 2.18. The highest BCUT2D eigenvalue weighted by Gasteiger charge is 2.15. The molecule has 3 heterocycles. The molecule has 2 atom stereocenters. The quantitative estimate of drug-likeness (QED) is 0.482. The highest BCUT2D eigenvalue weighted by atomic mass is 32.2. The monoisotopic (exact) mass is 446 g/mol. The van der Waals surface area contributed by atoms with E-state index in [9.17, 15) is 8.76 Å². The number of hydrogen-bond acceptors (Lipinski definition) is 6. The lowest BCUT2D eigenvalue weighted by molar-refractivity contribution is 0.0901. The highest BCUT2D eigenvalue weighted by molar-refractivity contribution is 7.79. The van der Waals surface area contributed by atoms with Gasteiger partial charge in [-0.1, -0.05) is 54.6 Å². The number of fused-ring (bicyclic) bond motifs is 2. The second-order valence-electron chi connectivity index (χ2n) is 7.46. The number of para-hydroxylation sites is 1. The first kappa shape index (κ1) is 22.2. The predicted molar refractivity (Wildman–Crippen MR) is 124 cm³/mol. The van der Waals surface area contributed by atoms with E-state index in [1.165, 1.54) is 11.1 Å². The fourth-order valence-electron chi connectivity index (χ4n) is 3.61. The average Bonchev–Trinajstić information content (AvgIpc) is 2.82. The van der Waals surface area contributed by atoms with Crippen molar-refractivity contribution in [3.63, 3.8) is 0 Å². The van der Waals surface area contributed by atoms with Crippen molar-refractivity contribution in [3.05, 3.63) is 102 Å². The van der Waals surface area contributed by atoms with E-state index in [2.05, 4.69) is 45.6 Å². The van der Waals surface area contributed by atoms with Crippen LogP contribution < -0.4 is 5.32 Å². The third kappa shape index (κ3) is 5.83. The third-order valence-electron chi connectivity index (χ3n) is 5.22. The molecule has 5 rings (SSSR count). The van der Waals surface area contributed by atoms with Crippen molar-refractivity contribution >= 4 is 22.0 Å². The van der Waals surface area contributed by atoms with Crippen LogP contribution in [0.2, 0.25) is 0 Å². The van der Waals surface area contributed by atoms with E-state index in [1.807, 2.05) is 30.5 Å². The van der Waals surface area contributed by atoms with Crippen LogP contribution in [0.3, 0.4) is 0 Å². The second-order valence-corrected chi connectivity index (χ2v) is 8.37. The lowest BCUT2D eigenvalue weighted by Gasteiger charge is -2.23. The number of rotatable bonds is 3. The standard InChI is InChI=1S/C16H18N2O.C9H7NO2S/c1-2-5-13(6-3-1)9-15-11-19-12-16-14(10-18-15)7-4-8-17-16;11-13(12)8-5-1-3-7-4-2-6-10-9(7)8/h1-8,15,18H,9-12H2;1-6H,(H,11,12)/p-1/t15-;/m1./s1. The molecular formula is C25H24N3O3S-. The van der Waals surface area contributed by atoms with E-state index in [0.717, 1.165) is 30.7 Å². The summed E-state index contributed by atoms with van der Waals surface area (Å²) >= 11 is -2.22. The lowest BCUT2D eigenvalue weighted by atomic mass is 10.1. The van der Waals surface area contributed by atoms with Gasteiger partial charge in [-0.3, -0.25) is 14.2 Å². The first-order chi connectivity index (χ1) is 15.7. The first-order valence-corrected chi connectivity index (χ1v) is 11.5. The third-order valence-corrected chi connectivity index (χ3v) is 5.91. The molecule has 6 nitrogen and oxygen atoms in total. The maximum Gasteiger partial charge on any atom is 0.0891 e. The van der Waals surface area contributed by atoms with Gasteiger partial charge in [-0.25, -0.2) is 0 Å². The molecule has 0 radical (unpaired) electrons. The van der Waals surface area contributed by atoms with E-state index in [1.54, 1.807) is 24.4 Å². The van der Waals surface area contributed by atoms with Gasteiger partial charge in [0.25, 0.3) is 0 Å². The van der Waals surface area contributed by atoms with Gasteiger partial charge in [-0.2, -0.15) is 0 Å². The smallest absolute Gasteiger partial charge is 0.0891 e. The zero-order valence-electron chi connectivity index (χ0n) is 17.5.